The second-order valence-corrected chi connectivity index (χ2v) is 4.58. The quantitative estimate of drug-likeness (QED) is 0.748. The number of anilines is 2. The zero-order valence-electron chi connectivity index (χ0n) is 9.60. The molecule has 1 aromatic rings. The molecule has 3 N–H and O–H groups in total. The maximum atomic E-state index is 13.4. The molecule has 0 fully saturated rings. The lowest BCUT2D eigenvalue weighted by atomic mass is 9.90. The van der Waals surface area contributed by atoms with Gasteiger partial charge in [-0.15, -0.1) is 0 Å². The second kappa shape index (κ2) is 4.51. The Morgan fingerprint density at radius 2 is 2.07 bits per heavy atom. The Hall–Kier alpha value is -1.25. The maximum Gasteiger partial charge on any atom is 0.148 e. The first-order valence-corrected chi connectivity index (χ1v) is 5.24. The number of nitrogens with one attached hydrogen (secondary N) is 1. The van der Waals surface area contributed by atoms with E-state index in [9.17, 15) is 4.39 Å². The third-order valence-electron chi connectivity index (χ3n) is 2.75. The largest absolute Gasteiger partial charge is 0.397 e. The molecule has 0 saturated carbocycles. The van der Waals surface area contributed by atoms with Crippen LogP contribution in [0.15, 0.2) is 18.2 Å². The van der Waals surface area contributed by atoms with E-state index in [0.29, 0.717) is 17.9 Å². The zero-order chi connectivity index (χ0) is 11.5. The van der Waals surface area contributed by atoms with E-state index in [4.69, 9.17) is 5.73 Å². The minimum atomic E-state index is -0.290. The first kappa shape index (κ1) is 11.8. The van der Waals surface area contributed by atoms with Gasteiger partial charge in [-0.25, -0.2) is 4.39 Å². The molecule has 0 aliphatic carbocycles. The smallest absolute Gasteiger partial charge is 0.148 e. The van der Waals surface area contributed by atoms with Crippen LogP contribution >= 0.6 is 0 Å². The topological polar surface area (TPSA) is 38.0 Å². The molecule has 0 aliphatic heterocycles. The number of halogens is 1. The van der Waals surface area contributed by atoms with Crippen LogP contribution in [-0.2, 0) is 0 Å². The molecule has 0 atom stereocenters. The van der Waals surface area contributed by atoms with Gasteiger partial charge in [0.1, 0.15) is 5.82 Å². The Kier molecular flexibility index (Phi) is 3.56. The van der Waals surface area contributed by atoms with Crippen molar-refractivity contribution in [3.63, 3.8) is 0 Å². The van der Waals surface area contributed by atoms with Crippen LogP contribution in [0.2, 0.25) is 0 Å². The summed E-state index contributed by atoms with van der Waals surface area (Å²) in [5.74, 6) is -0.290. The summed E-state index contributed by atoms with van der Waals surface area (Å²) < 4.78 is 13.4. The molecular weight excluding hydrogens is 191 g/mol. The average molecular weight is 210 g/mol. The van der Waals surface area contributed by atoms with Crippen molar-refractivity contribution in [2.75, 3.05) is 17.6 Å². The summed E-state index contributed by atoms with van der Waals surface area (Å²) >= 11 is 0. The number of nitrogens with two attached hydrogens (primary N) is 1. The van der Waals surface area contributed by atoms with Gasteiger partial charge in [0.15, 0.2) is 0 Å². The molecule has 0 spiro atoms. The highest BCUT2D eigenvalue weighted by Gasteiger charge is 2.16. The highest BCUT2D eigenvalue weighted by molar-refractivity contribution is 5.66. The molecule has 84 valence electrons. The lowest BCUT2D eigenvalue weighted by Crippen LogP contribution is -2.22. The molecule has 15 heavy (non-hydrogen) atoms. The third-order valence-corrected chi connectivity index (χ3v) is 2.75. The van der Waals surface area contributed by atoms with E-state index in [1.165, 1.54) is 6.07 Å². The van der Waals surface area contributed by atoms with Crippen LogP contribution in [-0.4, -0.2) is 6.54 Å². The van der Waals surface area contributed by atoms with Crippen LogP contribution in [0.5, 0.6) is 0 Å². The van der Waals surface area contributed by atoms with Gasteiger partial charge >= 0.3 is 0 Å². The lowest BCUT2D eigenvalue weighted by Gasteiger charge is -2.24. The Morgan fingerprint density at radius 3 is 2.60 bits per heavy atom. The summed E-state index contributed by atoms with van der Waals surface area (Å²) in [5, 5.41) is 3.07. The van der Waals surface area contributed by atoms with Gasteiger partial charge in [-0.05, 0) is 24.0 Å². The van der Waals surface area contributed by atoms with E-state index in [-0.39, 0.29) is 11.2 Å². The highest BCUT2D eigenvalue weighted by Crippen LogP contribution is 2.25. The maximum absolute atomic E-state index is 13.4. The number of nitrogen functional groups attached to an aromatic ring is 1. The van der Waals surface area contributed by atoms with Crippen molar-refractivity contribution in [2.24, 2.45) is 5.41 Å². The Bertz CT molecular complexity index is 314. The van der Waals surface area contributed by atoms with Crippen molar-refractivity contribution in [2.45, 2.75) is 27.2 Å². The van der Waals surface area contributed by atoms with Crippen LogP contribution < -0.4 is 11.1 Å². The van der Waals surface area contributed by atoms with Gasteiger partial charge in [-0.1, -0.05) is 26.8 Å². The van der Waals surface area contributed by atoms with E-state index < -0.39 is 0 Å². The van der Waals surface area contributed by atoms with Crippen LogP contribution in [0.1, 0.15) is 27.2 Å². The van der Waals surface area contributed by atoms with E-state index in [2.05, 4.69) is 26.1 Å². The number of hydrogen-bond donors (Lipinski definition) is 2. The number of rotatable bonds is 4. The first-order chi connectivity index (χ1) is 6.96. The summed E-state index contributed by atoms with van der Waals surface area (Å²) in [6.07, 6.45) is 1.04. The lowest BCUT2D eigenvalue weighted by molar-refractivity contribution is 0.376. The average Bonchev–Trinajstić information content (AvgIpc) is 2.17. The number of para-hydroxylation sites is 1. The van der Waals surface area contributed by atoms with E-state index in [1.807, 2.05) is 0 Å². The van der Waals surface area contributed by atoms with Crippen molar-refractivity contribution in [3.05, 3.63) is 24.0 Å². The standard InChI is InChI=1S/C12H19FN2/c1-4-12(2,3)8-15-11-9(13)6-5-7-10(11)14/h5-7,15H,4,8,14H2,1-3H3. The fraction of sp³-hybridized carbons (Fsp3) is 0.500. The molecule has 2 nitrogen and oxygen atoms in total. The van der Waals surface area contributed by atoms with Crippen LogP contribution in [0.4, 0.5) is 15.8 Å². The van der Waals surface area contributed by atoms with E-state index in [0.717, 1.165) is 6.42 Å². The van der Waals surface area contributed by atoms with Gasteiger partial charge in [0, 0.05) is 6.54 Å². The number of benzene rings is 1. The molecule has 1 aromatic carbocycles. The predicted octanol–water partition coefficient (Wildman–Crippen LogP) is 3.26. The van der Waals surface area contributed by atoms with Gasteiger partial charge in [0.25, 0.3) is 0 Å². The molecule has 0 aliphatic rings. The van der Waals surface area contributed by atoms with Gasteiger partial charge < -0.3 is 11.1 Å². The normalized spacial score (nSPS) is 11.5. The van der Waals surface area contributed by atoms with Crippen LogP contribution in [0.25, 0.3) is 0 Å². The summed E-state index contributed by atoms with van der Waals surface area (Å²) in [6, 6.07) is 4.73. The summed E-state index contributed by atoms with van der Waals surface area (Å²) in [4.78, 5) is 0. The predicted molar refractivity (Wildman–Crippen MR) is 63.4 cm³/mol. The third kappa shape index (κ3) is 3.11. The van der Waals surface area contributed by atoms with Crippen LogP contribution in [0.3, 0.4) is 0 Å². The Balaban J connectivity index is 2.73. The van der Waals surface area contributed by atoms with Crippen molar-refractivity contribution >= 4 is 11.4 Å². The molecule has 0 saturated heterocycles. The SMILES string of the molecule is CCC(C)(C)CNc1c(N)cccc1F. The summed E-state index contributed by atoms with van der Waals surface area (Å²) in [7, 11) is 0. The Labute approximate surface area is 90.7 Å². The van der Waals surface area contributed by atoms with Crippen molar-refractivity contribution in [3.8, 4) is 0 Å². The summed E-state index contributed by atoms with van der Waals surface area (Å²) in [5.41, 5.74) is 6.71. The molecule has 0 radical (unpaired) electrons. The highest BCUT2D eigenvalue weighted by atomic mass is 19.1. The Morgan fingerprint density at radius 1 is 1.40 bits per heavy atom. The number of hydrogen-bond acceptors (Lipinski definition) is 2. The van der Waals surface area contributed by atoms with E-state index in [1.54, 1.807) is 12.1 Å². The van der Waals surface area contributed by atoms with Crippen molar-refractivity contribution in [1.29, 1.82) is 0 Å². The fourth-order valence-electron chi connectivity index (χ4n) is 1.18. The molecule has 0 amide bonds. The molecule has 1 rings (SSSR count). The molecule has 0 unspecified atom stereocenters. The zero-order valence-corrected chi connectivity index (χ0v) is 9.60. The molecular formula is C12H19FN2. The van der Waals surface area contributed by atoms with Crippen molar-refractivity contribution < 1.29 is 4.39 Å². The van der Waals surface area contributed by atoms with Gasteiger partial charge in [-0.2, -0.15) is 0 Å². The molecule has 0 aromatic heterocycles. The summed E-state index contributed by atoms with van der Waals surface area (Å²) in [6.45, 7) is 7.11. The molecule has 0 bridgehead atoms. The minimum Gasteiger partial charge on any atom is -0.397 e. The monoisotopic (exact) mass is 210 g/mol. The molecule has 3 heteroatoms. The second-order valence-electron chi connectivity index (χ2n) is 4.58. The molecule has 0 heterocycles. The first-order valence-electron chi connectivity index (χ1n) is 5.24. The van der Waals surface area contributed by atoms with Crippen LogP contribution in [0, 0.1) is 11.2 Å². The fourth-order valence-corrected chi connectivity index (χ4v) is 1.18. The van der Waals surface area contributed by atoms with E-state index >= 15 is 0 Å². The van der Waals surface area contributed by atoms with Gasteiger partial charge in [0.05, 0.1) is 11.4 Å². The van der Waals surface area contributed by atoms with Crippen molar-refractivity contribution in [1.82, 2.24) is 0 Å². The van der Waals surface area contributed by atoms with Gasteiger partial charge in [0.2, 0.25) is 0 Å². The minimum absolute atomic E-state index is 0.148. The van der Waals surface area contributed by atoms with Gasteiger partial charge in [-0.3, -0.25) is 0 Å².